The van der Waals surface area contributed by atoms with Crippen molar-refractivity contribution in [2.75, 3.05) is 4.72 Å². The van der Waals surface area contributed by atoms with Crippen molar-refractivity contribution in [2.45, 2.75) is 4.90 Å². The van der Waals surface area contributed by atoms with E-state index in [1.54, 1.807) is 60.9 Å². The largest absolute Gasteiger partial charge is 0.278 e. The van der Waals surface area contributed by atoms with Gasteiger partial charge in [-0.3, -0.25) is 14.7 Å². The van der Waals surface area contributed by atoms with Crippen LogP contribution in [0.15, 0.2) is 84.1 Å². The number of hydrogen-bond donors (Lipinski definition) is 1. The van der Waals surface area contributed by atoms with E-state index in [9.17, 15) is 8.42 Å². The molecule has 0 spiro atoms. The van der Waals surface area contributed by atoms with Gasteiger partial charge in [0, 0.05) is 35.1 Å². The van der Waals surface area contributed by atoms with Gasteiger partial charge >= 0.3 is 0 Å². The molecule has 0 saturated heterocycles. The number of rotatable bonds is 3. The molecule has 0 bridgehead atoms. The minimum absolute atomic E-state index is 0.0486. The average Bonchev–Trinajstić information content (AvgIpc) is 2.73. The Morgan fingerprint density at radius 3 is 2.59 bits per heavy atom. The second-order valence-electron chi connectivity index (χ2n) is 6.09. The maximum Gasteiger partial charge on any atom is 0.264 e. The second kappa shape index (κ2) is 7.92. The van der Waals surface area contributed by atoms with Gasteiger partial charge in [0.1, 0.15) is 4.90 Å². The summed E-state index contributed by atoms with van der Waals surface area (Å²) in [6.45, 7) is 0. The molecule has 4 aromatic rings. The van der Waals surface area contributed by atoms with Crippen LogP contribution in [0, 0.1) is 11.8 Å². The molecule has 0 aliphatic rings. The first kappa shape index (κ1) is 18.9. The lowest BCUT2D eigenvalue weighted by Crippen LogP contribution is -2.14. The van der Waals surface area contributed by atoms with Crippen molar-refractivity contribution in [1.82, 2.24) is 9.97 Å². The Morgan fingerprint density at radius 2 is 1.76 bits per heavy atom. The molecule has 5 nitrogen and oxygen atoms in total. The van der Waals surface area contributed by atoms with Crippen LogP contribution in [0.1, 0.15) is 11.1 Å². The Bertz CT molecular complexity index is 1360. The molecule has 0 unspecified atom stereocenters. The van der Waals surface area contributed by atoms with E-state index in [1.807, 2.05) is 6.07 Å². The molecule has 0 atom stereocenters. The van der Waals surface area contributed by atoms with Crippen molar-refractivity contribution in [3.8, 4) is 11.8 Å². The third kappa shape index (κ3) is 4.06. The predicted molar refractivity (Wildman–Crippen MR) is 114 cm³/mol. The number of sulfonamides is 1. The number of pyridine rings is 2. The fourth-order valence-electron chi connectivity index (χ4n) is 2.79. The summed E-state index contributed by atoms with van der Waals surface area (Å²) >= 11 is 6.19. The average molecular weight is 420 g/mol. The van der Waals surface area contributed by atoms with Crippen LogP contribution in [0.25, 0.3) is 10.9 Å². The first-order valence-electron chi connectivity index (χ1n) is 8.62. The summed E-state index contributed by atoms with van der Waals surface area (Å²) in [5, 5.41) is 1.01. The van der Waals surface area contributed by atoms with Gasteiger partial charge in [-0.15, -0.1) is 0 Å². The number of benzene rings is 2. The van der Waals surface area contributed by atoms with Crippen molar-refractivity contribution in [3.63, 3.8) is 0 Å². The topological polar surface area (TPSA) is 72.0 Å². The van der Waals surface area contributed by atoms with Crippen molar-refractivity contribution in [2.24, 2.45) is 0 Å². The first-order valence-corrected chi connectivity index (χ1v) is 10.5. The zero-order valence-electron chi connectivity index (χ0n) is 15.0. The fourth-order valence-corrected chi connectivity index (χ4v) is 4.25. The molecule has 0 radical (unpaired) electrons. The van der Waals surface area contributed by atoms with Crippen molar-refractivity contribution in [3.05, 3.63) is 95.4 Å². The van der Waals surface area contributed by atoms with Gasteiger partial charge in [0.25, 0.3) is 10.0 Å². The zero-order valence-corrected chi connectivity index (χ0v) is 16.6. The van der Waals surface area contributed by atoms with Crippen LogP contribution in [0.5, 0.6) is 0 Å². The molecule has 4 rings (SSSR count). The summed E-state index contributed by atoms with van der Waals surface area (Å²) in [6, 6.07) is 17.1. The molecular weight excluding hydrogens is 406 g/mol. The van der Waals surface area contributed by atoms with Crippen LogP contribution in [0.4, 0.5) is 5.69 Å². The van der Waals surface area contributed by atoms with Crippen molar-refractivity contribution >= 4 is 38.2 Å². The molecule has 7 heteroatoms. The quantitative estimate of drug-likeness (QED) is 0.497. The fraction of sp³-hybridized carbons (Fsp3) is 0. The number of anilines is 1. The van der Waals surface area contributed by atoms with E-state index in [0.717, 1.165) is 5.56 Å². The third-order valence-corrected chi connectivity index (χ3v) is 5.87. The lowest BCUT2D eigenvalue weighted by molar-refractivity contribution is 0.602. The van der Waals surface area contributed by atoms with Crippen molar-refractivity contribution in [1.29, 1.82) is 0 Å². The van der Waals surface area contributed by atoms with E-state index in [-0.39, 0.29) is 4.90 Å². The molecule has 1 N–H and O–H groups in total. The number of para-hydroxylation sites is 2. The first-order chi connectivity index (χ1) is 14.0. The van der Waals surface area contributed by atoms with E-state index in [2.05, 4.69) is 26.5 Å². The number of nitrogens with zero attached hydrogens (tertiary/aromatic N) is 2. The molecule has 2 heterocycles. The molecule has 0 aliphatic heterocycles. The van der Waals surface area contributed by atoms with Crippen LogP contribution in [0.3, 0.4) is 0 Å². The molecule has 29 heavy (non-hydrogen) atoms. The maximum atomic E-state index is 13.1. The van der Waals surface area contributed by atoms with Crippen LogP contribution >= 0.6 is 11.6 Å². The van der Waals surface area contributed by atoms with Crippen LogP contribution < -0.4 is 4.72 Å². The van der Waals surface area contributed by atoms with Gasteiger partial charge in [-0.2, -0.15) is 0 Å². The lowest BCUT2D eigenvalue weighted by Gasteiger charge is -2.11. The molecule has 0 fully saturated rings. The Hall–Kier alpha value is -3.40. The minimum Gasteiger partial charge on any atom is -0.278 e. The molecule has 0 saturated carbocycles. The van der Waals surface area contributed by atoms with Crippen molar-refractivity contribution < 1.29 is 8.42 Å². The lowest BCUT2D eigenvalue weighted by atomic mass is 10.2. The van der Waals surface area contributed by atoms with Gasteiger partial charge in [0.2, 0.25) is 0 Å². The van der Waals surface area contributed by atoms with Crippen LogP contribution in [-0.2, 0) is 10.0 Å². The van der Waals surface area contributed by atoms with E-state index < -0.39 is 10.0 Å². The van der Waals surface area contributed by atoms with E-state index in [4.69, 9.17) is 11.6 Å². The summed E-state index contributed by atoms with van der Waals surface area (Å²) in [4.78, 5) is 8.28. The molecular formula is C22H14ClN3O2S. The number of halogens is 1. The monoisotopic (exact) mass is 419 g/mol. The number of nitrogens with one attached hydrogen (secondary N) is 1. The summed E-state index contributed by atoms with van der Waals surface area (Å²) in [7, 11) is -3.91. The molecule has 2 aromatic heterocycles. The summed E-state index contributed by atoms with van der Waals surface area (Å²) in [6.07, 6.45) is 4.79. The highest BCUT2D eigenvalue weighted by atomic mass is 35.5. The highest BCUT2D eigenvalue weighted by Crippen LogP contribution is 2.28. The van der Waals surface area contributed by atoms with Crippen LogP contribution in [-0.4, -0.2) is 18.4 Å². The minimum atomic E-state index is -3.91. The number of fused-ring (bicyclic) bond motifs is 1. The van der Waals surface area contributed by atoms with Gasteiger partial charge in [-0.05, 0) is 36.4 Å². The third-order valence-electron chi connectivity index (χ3n) is 4.14. The second-order valence-corrected chi connectivity index (χ2v) is 8.15. The Kier molecular flexibility index (Phi) is 5.17. The van der Waals surface area contributed by atoms with Gasteiger partial charge in [0.15, 0.2) is 0 Å². The Labute approximate surface area is 173 Å². The van der Waals surface area contributed by atoms with E-state index in [0.29, 0.717) is 27.2 Å². The smallest absolute Gasteiger partial charge is 0.264 e. The van der Waals surface area contributed by atoms with E-state index in [1.165, 1.54) is 12.3 Å². The van der Waals surface area contributed by atoms with Gasteiger partial charge in [0.05, 0.1) is 16.2 Å². The zero-order chi connectivity index (χ0) is 20.3. The Morgan fingerprint density at radius 1 is 0.897 bits per heavy atom. The molecule has 0 amide bonds. The highest BCUT2D eigenvalue weighted by Gasteiger charge is 2.20. The molecule has 0 aliphatic carbocycles. The van der Waals surface area contributed by atoms with Gasteiger partial charge < -0.3 is 0 Å². The Balaban J connectivity index is 1.74. The standard InChI is InChI=1S/C22H14ClN3O2S/c23-19-12-14-25-22-18(19)7-3-9-21(22)29(27,28)26-20-8-2-1-6-17(20)11-10-16-5-4-13-24-15-16/h1-9,12-15,26H. The normalized spacial score (nSPS) is 10.9. The van der Waals surface area contributed by atoms with Gasteiger partial charge in [-0.1, -0.05) is 47.7 Å². The van der Waals surface area contributed by atoms with Gasteiger partial charge in [-0.25, -0.2) is 8.42 Å². The summed E-state index contributed by atoms with van der Waals surface area (Å²) in [5.74, 6) is 5.98. The summed E-state index contributed by atoms with van der Waals surface area (Å²) in [5.41, 5.74) is 1.97. The predicted octanol–water partition coefficient (Wildman–Crippen LogP) is 4.48. The summed E-state index contributed by atoms with van der Waals surface area (Å²) < 4.78 is 28.8. The highest BCUT2D eigenvalue weighted by molar-refractivity contribution is 7.93. The van der Waals surface area contributed by atoms with Crippen LogP contribution in [0.2, 0.25) is 5.02 Å². The number of aromatic nitrogens is 2. The number of hydrogen-bond acceptors (Lipinski definition) is 4. The maximum absolute atomic E-state index is 13.1. The molecule has 142 valence electrons. The molecule has 2 aromatic carbocycles. The van der Waals surface area contributed by atoms with E-state index >= 15 is 0 Å². The SMILES string of the molecule is O=S(=O)(Nc1ccccc1C#Cc1cccnc1)c1cccc2c(Cl)ccnc12.